The molecule has 1 aliphatic heterocycles. The van der Waals surface area contributed by atoms with Crippen molar-refractivity contribution in [3.8, 4) is 0 Å². The van der Waals surface area contributed by atoms with Crippen molar-refractivity contribution in [1.82, 2.24) is 10.2 Å². The van der Waals surface area contributed by atoms with E-state index in [4.69, 9.17) is 4.74 Å². The van der Waals surface area contributed by atoms with E-state index >= 15 is 0 Å². The number of amides is 1. The molecule has 1 N–H and O–H groups in total. The Morgan fingerprint density at radius 1 is 1.29 bits per heavy atom. The summed E-state index contributed by atoms with van der Waals surface area (Å²) in [5.74, 6) is 0.150. The Labute approximate surface area is 144 Å². The Morgan fingerprint density at radius 2 is 2.21 bits per heavy atom. The number of carbonyl (C=O) groups is 1. The number of aryl methyl sites for hydroxylation is 1. The van der Waals surface area contributed by atoms with Crippen molar-refractivity contribution in [2.75, 3.05) is 18.5 Å². The van der Waals surface area contributed by atoms with Gasteiger partial charge >= 0.3 is 0 Å². The molecule has 1 amide bonds. The molecule has 5 nitrogen and oxygen atoms in total. The molecule has 24 heavy (non-hydrogen) atoms. The lowest BCUT2D eigenvalue weighted by Gasteiger charge is -2.23. The van der Waals surface area contributed by atoms with E-state index in [1.165, 1.54) is 22.5 Å². The lowest BCUT2D eigenvalue weighted by atomic mass is 9.83. The minimum absolute atomic E-state index is 0.138. The molecular formula is C18H19N3O2S. The van der Waals surface area contributed by atoms with E-state index < -0.39 is 0 Å². The average Bonchev–Trinajstić information content (AvgIpc) is 3.10. The van der Waals surface area contributed by atoms with E-state index in [2.05, 4.69) is 39.8 Å². The monoisotopic (exact) mass is 341 g/mol. The van der Waals surface area contributed by atoms with Crippen molar-refractivity contribution in [3.05, 3.63) is 52.0 Å². The van der Waals surface area contributed by atoms with Gasteiger partial charge in [-0.15, -0.1) is 10.2 Å². The largest absolute Gasteiger partial charge is 0.376 e. The molecule has 0 saturated carbocycles. The van der Waals surface area contributed by atoms with Crippen LogP contribution in [-0.4, -0.2) is 29.3 Å². The molecule has 0 saturated heterocycles. The number of hydrogen-bond acceptors (Lipinski definition) is 5. The zero-order valence-electron chi connectivity index (χ0n) is 13.3. The minimum atomic E-state index is -0.138. The molecule has 2 aliphatic rings. The highest BCUT2D eigenvalue weighted by Gasteiger charge is 2.25. The van der Waals surface area contributed by atoms with Crippen LogP contribution < -0.4 is 5.32 Å². The van der Waals surface area contributed by atoms with E-state index in [9.17, 15) is 4.79 Å². The van der Waals surface area contributed by atoms with Gasteiger partial charge in [-0.2, -0.15) is 0 Å². The lowest BCUT2D eigenvalue weighted by molar-refractivity contribution is -0.113. The number of ether oxygens (including phenoxy) is 1. The number of aromatic nitrogens is 2. The van der Waals surface area contributed by atoms with Crippen LogP contribution in [-0.2, 0) is 16.0 Å². The molecule has 0 bridgehead atoms. The maximum atomic E-state index is 12.2. The average molecular weight is 341 g/mol. The third-order valence-corrected chi connectivity index (χ3v) is 5.48. The van der Waals surface area contributed by atoms with E-state index in [0.29, 0.717) is 23.9 Å². The van der Waals surface area contributed by atoms with Gasteiger partial charge in [0.1, 0.15) is 5.01 Å². The van der Waals surface area contributed by atoms with Crippen molar-refractivity contribution in [2.24, 2.45) is 0 Å². The highest BCUT2D eigenvalue weighted by Crippen LogP contribution is 2.38. The van der Waals surface area contributed by atoms with E-state index in [1.54, 1.807) is 0 Å². The molecule has 1 atom stereocenters. The molecule has 1 aliphatic carbocycles. The smallest absolute Gasteiger partial charge is 0.255 e. The number of hydrogen-bond donors (Lipinski definition) is 1. The summed E-state index contributed by atoms with van der Waals surface area (Å²) >= 11 is 1.47. The highest BCUT2D eigenvalue weighted by atomic mass is 32.1. The van der Waals surface area contributed by atoms with Crippen molar-refractivity contribution in [2.45, 2.75) is 31.6 Å². The molecule has 1 aromatic carbocycles. The van der Waals surface area contributed by atoms with E-state index in [1.807, 2.05) is 6.08 Å². The van der Waals surface area contributed by atoms with Crippen LogP contribution in [0.2, 0.25) is 0 Å². The summed E-state index contributed by atoms with van der Waals surface area (Å²) in [7, 11) is 0. The molecule has 2 heterocycles. The van der Waals surface area contributed by atoms with Crippen LogP contribution in [0, 0.1) is 0 Å². The van der Waals surface area contributed by atoms with Crippen molar-refractivity contribution >= 4 is 22.4 Å². The number of nitrogens with one attached hydrogen (secondary N) is 1. The summed E-state index contributed by atoms with van der Waals surface area (Å²) < 4.78 is 5.32. The molecule has 4 rings (SSSR count). The standard InChI is InChI=1S/C18H19N3O2S/c22-16(13-7-4-10-23-11-13)19-18-21-20-17(24-18)15-9-3-6-12-5-1-2-8-14(12)15/h1-2,5,7-8,15H,3-4,6,9-11H2,(H,19,21,22). The molecule has 6 heteroatoms. The fourth-order valence-corrected chi connectivity index (χ4v) is 4.22. The highest BCUT2D eigenvalue weighted by molar-refractivity contribution is 7.15. The van der Waals surface area contributed by atoms with E-state index in [0.717, 1.165) is 30.7 Å². The number of benzene rings is 1. The van der Waals surface area contributed by atoms with Crippen LogP contribution in [0.15, 0.2) is 35.9 Å². The molecular weight excluding hydrogens is 322 g/mol. The number of carbonyl (C=O) groups excluding carboxylic acids is 1. The normalized spacial score (nSPS) is 20.2. The van der Waals surface area contributed by atoms with Gasteiger partial charge in [0.25, 0.3) is 5.91 Å². The first-order chi connectivity index (χ1) is 11.8. The summed E-state index contributed by atoms with van der Waals surface area (Å²) in [6.07, 6.45) is 6.08. The van der Waals surface area contributed by atoms with Crippen molar-refractivity contribution in [1.29, 1.82) is 0 Å². The van der Waals surface area contributed by atoms with Gasteiger partial charge in [-0.1, -0.05) is 41.7 Å². The molecule has 0 radical (unpaired) electrons. The van der Waals surface area contributed by atoms with Gasteiger partial charge in [0.15, 0.2) is 0 Å². The third kappa shape index (κ3) is 3.12. The zero-order valence-corrected chi connectivity index (χ0v) is 14.1. The Kier molecular flexibility index (Phi) is 4.40. The summed E-state index contributed by atoms with van der Waals surface area (Å²) in [5.41, 5.74) is 3.42. The van der Waals surface area contributed by atoms with Gasteiger partial charge in [-0.05, 0) is 36.8 Å². The fourth-order valence-electron chi connectivity index (χ4n) is 3.33. The maximum absolute atomic E-state index is 12.2. The molecule has 0 spiro atoms. The van der Waals surface area contributed by atoms with Crippen molar-refractivity contribution < 1.29 is 9.53 Å². The van der Waals surface area contributed by atoms with Crippen LogP contribution in [0.25, 0.3) is 0 Å². The summed E-state index contributed by atoms with van der Waals surface area (Å²) in [4.78, 5) is 12.2. The molecule has 1 unspecified atom stereocenters. The van der Waals surface area contributed by atoms with Crippen LogP contribution in [0.4, 0.5) is 5.13 Å². The lowest BCUT2D eigenvalue weighted by Crippen LogP contribution is -2.20. The Bertz CT molecular complexity index is 784. The minimum Gasteiger partial charge on any atom is -0.376 e. The Morgan fingerprint density at radius 3 is 3.08 bits per heavy atom. The van der Waals surface area contributed by atoms with Gasteiger partial charge in [0, 0.05) is 11.5 Å². The first kappa shape index (κ1) is 15.5. The van der Waals surface area contributed by atoms with Gasteiger partial charge in [-0.3, -0.25) is 10.1 Å². The third-order valence-electron chi connectivity index (χ3n) is 4.53. The van der Waals surface area contributed by atoms with Crippen LogP contribution >= 0.6 is 11.3 Å². The molecule has 2 aromatic rings. The molecule has 124 valence electrons. The first-order valence-electron chi connectivity index (χ1n) is 8.30. The SMILES string of the molecule is O=C(Nc1nnc(C2CCCc3ccccc32)s1)C1=CCCOC1. The summed E-state index contributed by atoms with van der Waals surface area (Å²) in [6.45, 7) is 1.05. The van der Waals surface area contributed by atoms with Crippen LogP contribution in [0.5, 0.6) is 0 Å². The first-order valence-corrected chi connectivity index (χ1v) is 9.12. The van der Waals surface area contributed by atoms with Gasteiger partial charge in [0.2, 0.25) is 5.13 Å². The van der Waals surface area contributed by atoms with Crippen LogP contribution in [0.3, 0.4) is 0 Å². The van der Waals surface area contributed by atoms with Gasteiger partial charge in [0.05, 0.1) is 13.2 Å². The summed E-state index contributed by atoms with van der Waals surface area (Å²) in [5, 5.41) is 12.9. The van der Waals surface area contributed by atoms with Crippen LogP contribution in [0.1, 0.15) is 41.3 Å². The van der Waals surface area contributed by atoms with E-state index in [-0.39, 0.29) is 11.8 Å². The zero-order chi connectivity index (χ0) is 16.4. The van der Waals surface area contributed by atoms with Gasteiger partial charge < -0.3 is 4.74 Å². The number of anilines is 1. The summed E-state index contributed by atoms with van der Waals surface area (Å²) in [6, 6.07) is 8.55. The molecule has 0 fully saturated rings. The number of nitrogens with zero attached hydrogens (tertiary/aromatic N) is 2. The number of rotatable bonds is 3. The topological polar surface area (TPSA) is 64.1 Å². The maximum Gasteiger partial charge on any atom is 0.255 e. The Hall–Kier alpha value is -2.05. The molecule has 1 aromatic heterocycles. The fraction of sp³-hybridized carbons (Fsp3) is 0.389. The second-order valence-electron chi connectivity index (χ2n) is 6.11. The second-order valence-corrected chi connectivity index (χ2v) is 7.12. The Balaban J connectivity index is 1.51. The second kappa shape index (κ2) is 6.83. The van der Waals surface area contributed by atoms with Gasteiger partial charge in [-0.25, -0.2) is 0 Å². The van der Waals surface area contributed by atoms with Crippen molar-refractivity contribution in [3.63, 3.8) is 0 Å². The predicted molar refractivity (Wildman–Crippen MR) is 93.3 cm³/mol. The number of fused-ring (bicyclic) bond motifs is 1. The predicted octanol–water partition coefficient (Wildman–Crippen LogP) is 3.29. The quantitative estimate of drug-likeness (QED) is 0.930.